The number of esters is 1. The second-order valence-electron chi connectivity index (χ2n) is 5.38. The minimum atomic E-state index is -0.462. The van der Waals surface area contributed by atoms with E-state index in [2.05, 4.69) is 10.6 Å². The molecule has 0 aliphatic carbocycles. The van der Waals surface area contributed by atoms with E-state index in [0.29, 0.717) is 22.0 Å². The van der Waals surface area contributed by atoms with Gasteiger partial charge in [-0.2, -0.15) is 0 Å². The van der Waals surface area contributed by atoms with Crippen LogP contribution in [0.25, 0.3) is 0 Å². The van der Waals surface area contributed by atoms with Crippen LogP contribution in [0.4, 0.5) is 11.4 Å². The molecule has 0 aliphatic rings. The highest BCUT2D eigenvalue weighted by atomic mass is 35.5. The van der Waals surface area contributed by atoms with Crippen LogP contribution >= 0.6 is 11.6 Å². The van der Waals surface area contributed by atoms with Crippen LogP contribution in [0.1, 0.15) is 21.5 Å². The Kier molecular flexibility index (Phi) is 5.82. The lowest BCUT2D eigenvalue weighted by Crippen LogP contribution is -2.23. The molecule has 2 aromatic rings. The largest absolute Gasteiger partial charge is 0.465 e. The highest BCUT2D eigenvalue weighted by Crippen LogP contribution is 2.27. The van der Waals surface area contributed by atoms with Gasteiger partial charge in [0.1, 0.15) is 0 Å². The normalized spacial score (nSPS) is 10.2. The summed E-state index contributed by atoms with van der Waals surface area (Å²) < 4.78 is 4.73. The quantitative estimate of drug-likeness (QED) is 0.808. The van der Waals surface area contributed by atoms with E-state index >= 15 is 0 Å². The minimum Gasteiger partial charge on any atom is -0.465 e. The van der Waals surface area contributed by atoms with Gasteiger partial charge in [0.05, 0.1) is 29.9 Å². The highest BCUT2D eigenvalue weighted by Gasteiger charge is 2.13. The van der Waals surface area contributed by atoms with Gasteiger partial charge in [0, 0.05) is 5.69 Å². The van der Waals surface area contributed by atoms with Crippen molar-refractivity contribution >= 4 is 34.9 Å². The van der Waals surface area contributed by atoms with Crippen molar-refractivity contribution < 1.29 is 14.3 Å². The number of benzene rings is 2. The van der Waals surface area contributed by atoms with Gasteiger partial charge in [-0.05, 0) is 43.2 Å². The average molecular weight is 347 g/mol. The number of carbonyl (C=O) groups is 2. The molecule has 0 spiro atoms. The van der Waals surface area contributed by atoms with Crippen LogP contribution in [0.2, 0.25) is 5.02 Å². The van der Waals surface area contributed by atoms with Gasteiger partial charge in [-0.1, -0.05) is 29.8 Å². The maximum absolute atomic E-state index is 12.2. The molecule has 5 nitrogen and oxygen atoms in total. The van der Waals surface area contributed by atoms with Crippen molar-refractivity contribution in [2.75, 3.05) is 24.3 Å². The summed E-state index contributed by atoms with van der Waals surface area (Å²) in [6, 6.07) is 10.6. The summed E-state index contributed by atoms with van der Waals surface area (Å²) in [7, 11) is 1.31. The van der Waals surface area contributed by atoms with Crippen LogP contribution in [0.15, 0.2) is 36.4 Å². The molecule has 126 valence electrons. The molecule has 0 saturated heterocycles. The van der Waals surface area contributed by atoms with Crippen LogP contribution < -0.4 is 10.6 Å². The Balaban J connectivity index is 2.06. The maximum Gasteiger partial charge on any atom is 0.339 e. The first-order valence-corrected chi connectivity index (χ1v) is 7.78. The molecule has 2 N–H and O–H groups in total. The Hall–Kier alpha value is -2.53. The number of rotatable bonds is 5. The zero-order chi connectivity index (χ0) is 17.7. The van der Waals surface area contributed by atoms with Gasteiger partial charge in [-0.25, -0.2) is 4.79 Å². The molecule has 0 fully saturated rings. The zero-order valence-electron chi connectivity index (χ0n) is 13.8. The lowest BCUT2D eigenvalue weighted by Gasteiger charge is -2.13. The van der Waals surface area contributed by atoms with E-state index in [9.17, 15) is 9.59 Å². The molecule has 6 heteroatoms. The summed E-state index contributed by atoms with van der Waals surface area (Å²) in [5.74, 6) is -0.723. The molecule has 2 aromatic carbocycles. The van der Waals surface area contributed by atoms with Crippen molar-refractivity contribution in [2.24, 2.45) is 0 Å². The molecule has 0 bridgehead atoms. The fraction of sp³-hybridized carbons (Fsp3) is 0.222. The summed E-state index contributed by atoms with van der Waals surface area (Å²) in [4.78, 5) is 23.9. The second-order valence-corrected chi connectivity index (χ2v) is 5.78. The summed E-state index contributed by atoms with van der Waals surface area (Å²) in [5.41, 5.74) is 3.42. The predicted molar refractivity (Wildman–Crippen MR) is 95.8 cm³/mol. The van der Waals surface area contributed by atoms with Crippen molar-refractivity contribution in [1.29, 1.82) is 0 Å². The van der Waals surface area contributed by atoms with Crippen molar-refractivity contribution in [2.45, 2.75) is 13.8 Å². The third-order valence-corrected chi connectivity index (χ3v) is 3.77. The Bertz CT molecular complexity index is 752. The van der Waals surface area contributed by atoms with Gasteiger partial charge in [0.2, 0.25) is 5.91 Å². The van der Waals surface area contributed by atoms with Crippen molar-refractivity contribution in [3.63, 3.8) is 0 Å². The number of para-hydroxylation sites is 1. The predicted octanol–water partition coefficient (Wildman–Crippen LogP) is 3.79. The Morgan fingerprint density at radius 2 is 1.88 bits per heavy atom. The number of ether oxygens (including phenoxy) is 1. The molecule has 0 radical (unpaired) electrons. The van der Waals surface area contributed by atoms with E-state index < -0.39 is 5.97 Å². The SMILES string of the molecule is COC(=O)c1ccccc1NCC(=O)Nc1c(C)cc(C)cc1Cl. The van der Waals surface area contributed by atoms with Gasteiger partial charge < -0.3 is 15.4 Å². The minimum absolute atomic E-state index is 0.00233. The number of halogens is 1. The van der Waals surface area contributed by atoms with Gasteiger partial charge in [-0.3, -0.25) is 4.79 Å². The number of hydrogen-bond donors (Lipinski definition) is 2. The van der Waals surface area contributed by atoms with Crippen LogP contribution in [0.3, 0.4) is 0 Å². The lowest BCUT2D eigenvalue weighted by molar-refractivity contribution is -0.114. The Morgan fingerprint density at radius 3 is 2.54 bits per heavy atom. The summed E-state index contributed by atoms with van der Waals surface area (Å²) >= 11 is 6.19. The van der Waals surface area contributed by atoms with E-state index in [1.807, 2.05) is 19.9 Å². The fourth-order valence-corrected chi connectivity index (χ4v) is 2.73. The fourth-order valence-electron chi connectivity index (χ4n) is 2.36. The lowest BCUT2D eigenvalue weighted by atomic mass is 10.1. The van der Waals surface area contributed by atoms with Crippen LogP contribution in [0, 0.1) is 13.8 Å². The third kappa shape index (κ3) is 4.26. The molecule has 0 heterocycles. The molecule has 0 aromatic heterocycles. The molecule has 24 heavy (non-hydrogen) atoms. The van der Waals surface area contributed by atoms with E-state index in [4.69, 9.17) is 16.3 Å². The van der Waals surface area contributed by atoms with Crippen LogP contribution in [-0.2, 0) is 9.53 Å². The second kappa shape index (κ2) is 7.84. The first kappa shape index (κ1) is 17.8. The molecular weight excluding hydrogens is 328 g/mol. The Labute approximate surface area is 146 Å². The molecule has 1 amide bonds. The topological polar surface area (TPSA) is 67.4 Å². The number of hydrogen-bond acceptors (Lipinski definition) is 4. The number of aryl methyl sites for hydroxylation is 2. The molecule has 0 unspecified atom stereocenters. The molecule has 2 rings (SSSR count). The maximum atomic E-state index is 12.2. The molecule has 0 saturated carbocycles. The van der Waals surface area contributed by atoms with E-state index in [-0.39, 0.29) is 12.5 Å². The number of methoxy groups -OCH3 is 1. The zero-order valence-corrected chi connectivity index (χ0v) is 14.5. The van der Waals surface area contributed by atoms with Crippen LogP contribution in [0.5, 0.6) is 0 Å². The number of amides is 1. The number of carbonyl (C=O) groups excluding carboxylic acids is 2. The molecule has 0 aliphatic heterocycles. The van der Waals surface area contributed by atoms with Crippen molar-refractivity contribution in [3.8, 4) is 0 Å². The van der Waals surface area contributed by atoms with Crippen molar-refractivity contribution in [1.82, 2.24) is 0 Å². The summed E-state index contributed by atoms with van der Waals surface area (Å²) in [5, 5.41) is 6.23. The summed E-state index contributed by atoms with van der Waals surface area (Å²) in [6.45, 7) is 3.82. The van der Waals surface area contributed by atoms with E-state index in [1.54, 1.807) is 30.3 Å². The van der Waals surface area contributed by atoms with Crippen LogP contribution in [-0.4, -0.2) is 25.5 Å². The number of nitrogens with one attached hydrogen (secondary N) is 2. The van der Waals surface area contributed by atoms with E-state index in [0.717, 1.165) is 11.1 Å². The van der Waals surface area contributed by atoms with Gasteiger partial charge in [0.15, 0.2) is 0 Å². The van der Waals surface area contributed by atoms with Gasteiger partial charge >= 0.3 is 5.97 Å². The smallest absolute Gasteiger partial charge is 0.339 e. The first-order chi connectivity index (χ1) is 11.4. The first-order valence-electron chi connectivity index (χ1n) is 7.40. The number of anilines is 2. The third-order valence-electron chi connectivity index (χ3n) is 3.47. The highest BCUT2D eigenvalue weighted by molar-refractivity contribution is 6.34. The molecule has 0 atom stereocenters. The Morgan fingerprint density at radius 1 is 1.17 bits per heavy atom. The monoisotopic (exact) mass is 346 g/mol. The molecular formula is C18H19ClN2O3. The van der Waals surface area contributed by atoms with Gasteiger partial charge in [0.25, 0.3) is 0 Å². The summed E-state index contributed by atoms with van der Waals surface area (Å²) in [6.07, 6.45) is 0. The van der Waals surface area contributed by atoms with E-state index in [1.165, 1.54) is 7.11 Å². The standard InChI is InChI=1S/C18H19ClN2O3/c1-11-8-12(2)17(14(19)9-11)21-16(22)10-20-15-7-5-4-6-13(15)18(23)24-3/h4-9,20H,10H2,1-3H3,(H,21,22). The van der Waals surface area contributed by atoms with Gasteiger partial charge in [-0.15, -0.1) is 0 Å². The van der Waals surface area contributed by atoms with Crippen molar-refractivity contribution in [3.05, 3.63) is 58.1 Å². The average Bonchev–Trinajstić information content (AvgIpc) is 2.55.